The lowest BCUT2D eigenvalue weighted by molar-refractivity contribution is -0.387. The molecule has 0 N–H and O–H groups in total. The molecular formula is C33H40FN3O2. The lowest BCUT2D eigenvalue weighted by Gasteiger charge is -2.25. The van der Waals surface area contributed by atoms with Crippen LogP contribution in [0.3, 0.4) is 0 Å². The lowest BCUT2D eigenvalue weighted by atomic mass is 10.1. The fourth-order valence-corrected chi connectivity index (χ4v) is 4.39. The summed E-state index contributed by atoms with van der Waals surface area (Å²) in [5.74, 6) is -0.852. The molecule has 0 saturated carbocycles. The molecule has 0 aliphatic rings. The van der Waals surface area contributed by atoms with E-state index >= 15 is 0 Å². The summed E-state index contributed by atoms with van der Waals surface area (Å²) in [5.41, 5.74) is 4.14. The summed E-state index contributed by atoms with van der Waals surface area (Å²) in [4.78, 5) is 17.0. The van der Waals surface area contributed by atoms with Gasteiger partial charge in [0.1, 0.15) is 0 Å². The highest BCUT2D eigenvalue weighted by atomic mass is 19.1. The molecule has 0 spiro atoms. The Kier molecular flexibility index (Phi) is 12.4. The molecule has 3 aromatic rings. The fourth-order valence-electron chi connectivity index (χ4n) is 4.39. The zero-order valence-electron chi connectivity index (χ0n) is 23.2. The van der Waals surface area contributed by atoms with Crippen molar-refractivity contribution in [1.82, 2.24) is 4.98 Å². The van der Waals surface area contributed by atoms with Crippen LogP contribution in [0.2, 0.25) is 0 Å². The van der Waals surface area contributed by atoms with Gasteiger partial charge in [-0.1, -0.05) is 88.8 Å². The molecule has 0 aliphatic carbocycles. The molecule has 5 nitrogen and oxygen atoms in total. The van der Waals surface area contributed by atoms with Crippen molar-refractivity contribution in [2.24, 2.45) is 0 Å². The average Bonchev–Trinajstić information content (AvgIpc) is 2.95. The molecule has 1 heterocycles. The number of anilines is 1. The summed E-state index contributed by atoms with van der Waals surface area (Å²) in [6.07, 6.45) is 19.5. The minimum atomic E-state index is -0.852. The van der Waals surface area contributed by atoms with E-state index in [4.69, 9.17) is 0 Å². The Labute approximate surface area is 232 Å². The number of pyridine rings is 1. The molecule has 0 fully saturated rings. The molecule has 2 aromatic carbocycles. The van der Waals surface area contributed by atoms with Gasteiger partial charge in [0.05, 0.1) is 10.6 Å². The average molecular weight is 530 g/mol. The van der Waals surface area contributed by atoms with Crippen molar-refractivity contribution < 1.29 is 9.31 Å². The third-order valence-corrected chi connectivity index (χ3v) is 6.71. The molecule has 3 rings (SSSR count). The number of rotatable bonds is 16. The first kappa shape index (κ1) is 29.8. The van der Waals surface area contributed by atoms with Gasteiger partial charge in [-0.25, -0.2) is 0 Å². The van der Waals surface area contributed by atoms with E-state index in [0.29, 0.717) is 11.3 Å². The summed E-state index contributed by atoms with van der Waals surface area (Å²) in [6.45, 7) is 6.74. The maximum Gasteiger partial charge on any atom is 0.304 e. The minimum Gasteiger partial charge on any atom is -0.372 e. The largest absolute Gasteiger partial charge is 0.372 e. The van der Waals surface area contributed by atoms with Crippen molar-refractivity contribution in [3.8, 4) is 0 Å². The second-order valence-electron chi connectivity index (χ2n) is 9.85. The molecule has 1 aromatic heterocycles. The van der Waals surface area contributed by atoms with Crippen LogP contribution in [0.25, 0.3) is 24.3 Å². The SMILES string of the molecule is CCCCCCN(CCCCCC)c1ccc(C=Cc2ccc(C=Cc3ccc([N+](=O)[O-])c(F)c3)nc2)cc1. The predicted octanol–water partition coefficient (Wildman–Crippen LogP) is 9.44. The monoisotopic (exact) mass is 529 g/mol. The zero-order chi connectivity index (χ0) is 27.9. The molecule has 0 radical (unpaired) electrons. The first-order valence-corrected chi connectivity index (χ1v) is 14.1. The van der Waals surface area contributed by atoms with Crippen LogP contribution in [0.5, 0.6) is 0 Å². The Bertz CT molecular complexity index is 1210. The second kappa shape index (κ2) is 16.2. The molecule has 206 valence electrons. The van der Waals surface area contributed by atoms with Crippen LogP contribution >= 0.6 is 0 Å². The van der Waals surface area contributed by atoms with Crippen molar-refractivity contribution in [3.63, 3.8) is 0 Å². The molecule has 0 unspecified atom stereocenters. The van der Waals surface area contributed by atoms with E-state index in [-0.39, 0.29) is 0 Å². The first-order chi connectivity index (χ1) is 19.0. The third kappa shape index (κ3) is 10.1. The number of halogens is 1. The number of benzene rings is 2. The van der Waals surface area contributed by atoms with Gasteiger partial charge in [-0.3, -0.25) is 15.1 Å². The van der Waals surface area contributed by atoms with Crippen molar-refractivity contribution in [1.29, 1.82) is 0 Å². The third-order valence-electron chi connectivity index (χ3n) is 6.71. The molecule has 0 saturated heterocycles. The standard InChI is InChI=1S/C33H40FN3O2/c1-3-5-7-9-23-36(24-10-8-6-4-2)31-20-15-27(16-21-31)11-12-29-14-19-30(35-26-29)18-13-28-17-22-33(37(38)39)32(34)25-28/h11-22,25-26H,3-10,23-24H2,1-2H3. The number of nitro benzene ring substituents is 1. The van der Waals surface area contributed by atoms with E-state index in [1.807, 2.05) is 18.2 Å². The van der Waals surface area contributed by atoms with Gasteiger partial charge in [0.2, 0.25) is 5.82 Å². The van der Waals surface area contributed by atoms with Crippen LogP contribution in [0.1, 0.15) is 87.6 Å². The van der Waals surface area contributed by atoms with Gasteiger partial charge in [-0.05, 0) is 65.9 Å². The maximum atomic E-state index is 13.8. The first-order valence-electron chi connectivity index (χ1n) is 14.1. The normalized spacial score (nSPS) is 11.5. The molecule has 0 aliphatic heterocycles. The van der Waals surface area contributed by atoms with E-state index in [1.54, 1.807) is 18.3 Å². The molecule has 39 heavy (non-hydrogen) atoms. The quantitative estimate of drug-likeness (QED) is 0.105. The predicted molar refractivity (Wildman–Crippen MR) is 162 cm³/mol. The van der Waals surface area contributed by atoms with Gasteiger partial charge in [-0.15, -0.1) is 0 Å². The molecule has 0 bridgehead atoms. The zero-order valence-corrected chi connectivity index (χ0v) is 23.2. The van der Waals surface area contributed by atoms with Crippen molar-refractivity contribution >= 4 is 35.7 Å². The Morgan fingerprint density at radius 1 is 0.769 bits per heavy atom. The number of nitro groups is 1. The van der Waals surface area contributed by atoms with E-state index < -0.39 is 16.4 Å². The van der Waals surface area contributed by atoms with Crippen LogP contribution in [0, 0.1) is 15.9 Å². The number of hydrogen-bond acceptors (Lipinski definition) is 4. The number of unbranched alkanes of at least 4 members (excludes halogenated alkanes) is 6. The van der Waals surface area contributed by atoms with E-state index in [9.17, 15) is 14.5 Å². The Balaban J connectivity index is 1.58. The van der Waals surface area contributed by atoms with E-state index in [1.165, 1.54) is 69.2 Å². The van der Waals surface area contributed by atoms with Crippen LogP contribution in [0.15, 0.2) is 60.8 Å². The molecule has 0 amide bonds. The fraction of sp³-hybridized carbons (Fsp3) is 0.364. The van der Waals surface area contributed by atoms with E-state index in [0.717, 1.165) is 30.3 Å². The Morgan fingerprint density at radius 2 is 1.36 bits per heavy atom. The molecular weight excluding hydrogens is 489 g/mol. The summed E-state index contributed by atoms with van der Waals surface area (Å²) < 4.78 is 13.8. The summed E-state index contributed by atoms with van der Waals surface area (Å²) in [6, 6.07) is 16.5. The van der Waals surface area contributed by atoms with E-state index in [2.05, 4.69) is 54.1 Å². The molecule has 0 atom stereocenters. The van der Waals surface area contributed by atoms with Gasteiger partial charge in [0.15, 0.2) is 0 Å². The summed E-state index contributed by atoms with van der Waals surface area (Å²) >= 11 is 0. The minimum absolute atomic E-state index is 0.529. The van der Waals surface area contributed by atoms with Crippen molar-refractivity contribution in [3.05, 3.63) is 99.1 Å². The van der Waals surface area contributed by atoms with Crippen LogP contribution < -0.4 is 4.90 Å². The highest BCUT2D eigenvalue weighted by Gasteiger charge is 2.12. The van der Waals surface area contributed by atoms with Crippen LogP contribution in [-0.4, -0.2) is 23.0 Å². The van der Waals surface area contributed by atoms with Gasteiger partial charge in [0.25, 0.3) is 0 Å². The Hall–Kier alpha value is -3.80. The summed E-state index contributed by atoms with van der Waals surface area (Å²) in [5, 5.41) is 10.8. The summed E-state index contributed by atoms with van der Waals surface area (Å²) in [7, 11) is 0. The Morgan fingerprint density at radius 3 is 1.92 bits per heavy atom. The van der Waals surface area contributed by atoms with Gasteiger partial charge < -0.3 is 4.90 Å². The molecule has 6 heteroatoms. The van der Waals surface area contributed by atoms with Crippen LogP contribution in [0.4, 0.5) is 15.8 Å². The maximum absolute atomic E-state index is 13.8. The van der Waals surface area contributed by atoms with Gasteiger partial charge >= 0.3 is 5.69 Å². The van der Waals surface area contributed by atoms with Crippen LogP contribution in [-0.2, 0) is 0 Å². The number of nitrogens with zero attached hydrogens (tertiary/aromatic N) is 3. The number of aromatic nitrogens is 1. The highest BCUT2D eigenvalue weighted by Crippen LogP contribution is 2.21. The van der Waals surface area contributed by atoms with Crippen molar-refractivity contribution in [2.45, 2.75) is 65.2 Å². The number of hydrogen-bond donors (Lipinski definition) is 0. The second-order valence-corrected chi connectivity index (χ2v) is 9.85. The van der Waals surface area contributed by atoms with Gasteiger partial charge in [0, 0.05) is 31.0 Å². The smallest absolute Gasteiger partial charge is 0.304 e. The highest BCUT2D eigenvalue weighted by molar-refractivity contribution is 5.72. The van der Waals surface area contributed by atoms with Crippen molar-refractivity contribution in [2.75, 3.05) is 18.0 Å². The topological polar surface area (TPSA) is 59.3 Å². The lowest BCUT2D eigenvalue weighted by Crippen LogP contribution is -2.25. The van der Waals surface area contributed by atoms with Gasteiger partial charge in [-0.2, -0.15) is 4.39 Å².